The highest BCUT2D eigenvalue weighted by atomic mass is 19.4. The lowest BCUT2D eigenvalue weighted by Gasteiger charge is -2.45. The summed E-state index contributed by atoms with van der Waals surface area (Å²) in [5.74, 6) is 0. The number of hydrogen-bond donors (Lipinski definition) is 3. The number of nitrogens with one attached hydrogen (secondary N) is 2. The number of alkyl halides is 6. The minimum Gasteiger partial charge on any atom is -0.380 e. The van der Waals surface area contributed by atoms with E-state index in [1.165, 1.54) is 55.2 Å². The second-order valence-electron chi connectivity index (χ2n) is 10.4. The van der Waals surface area contributed by atoms with Crippen LogP contribution in [0.3, 0.4) is 0 Å². The van der Waals surface area contributed by atoms with Crippen molar-refractivity contribution in [3.05, 3.63) is 24.7 Å². The van der Waals surface area contributed by atoms with E-state index in [0.717, 1.165) is 4.68 Å². The number of aliphatic hydroxyl groups is 1. The number of urea groups is 1. The van der Waals surface area contributed by atoms with Crippen LogP contribution in [0.25, 0.3) is 22.3 Å². The number of rotatable bonds is 3. The van der Waals surface area contributed by atoms with Crippen LogP contribution in [-0.4, -0.2) is 71.0 Å². The van der Waals surface area contributed by atoms with Gasteiger partial charge in [-0.25, -0.2) is 4.79 Å². The minimum absolute atomic E-state index is 0.149. The van der Waals surface area contributed by atoms with E-state index in [1.54, 1.807) is 0 Å². The van der Waals surface area contributed by atoms with Crippen molar-refractivity contribution in [1.29, 1.82) is 0 Å². The maximum Gasteiger partial charge on any atom is 0.417 e. The summed E-state index contributed by atoms with van der Waals surface area (Å²) in [7, 11) is 0. The van der Waals surface area contributed by atoms with E-state index in [1.807, 2.05) is 0 Å². The molecule has 1 aliphatic heterocycles. The van der Waals surface area contributed by atoms with Gasteiger partial charge in [-0.3, -0.25) is 14.8 Å². The molecule has 3 aromatic rings. The van der Waals surface area contributed by atoms with Crippen LogP contribution in [0.1, 0.15) is 51.4 Å². The molecule has 6 rings (SSSR count). The molecule has 15 heteroatoms. The van der Waals surface area contributed by atoms with E-state index in [-0.39, 0.29) is 29.1 Å². The van der Waals surface area contributed by atoms with Gasteiger partial charge >= 0.3 is 18.4 Å². The Kier molecular flexibility index (Phi) is 6.75. The number of H-pyrrole nitrogens is 1. The van der Waals surface area contributed by atoms with Crippen molar-refractivity contribution in [2.75, 3.05) is 11.9 Å². The van der Waals surface area contributed by atoms with Crippen LogP contribution in [0.4, 0.5) is 36.8 Å². The van der Waals surface area contributed by atoms with Crippen molar-refractivity contribution in [2.24, 2.45) is 0 Å². The molecular formula is C24H27F6N7O2. The van der Waals surface area contributed by atoms with Gasteiger partial charge in [0.1, 0.15) is 12.2 Å². The summed E-state index contributed by atoms with van der Waals surface area (Å²) < 4.78 is 79.3. The first-order valence-corrected chi connectivity index (χ1v) is 12.6. The average molecular weight is 560 g/mol. The highest BCUT2D eigenvalue weighted by molar-refractivity contribution is 5.94. The Morgan fingerprint density at radius 3 is 2.33 bits per heavy atom. The highest BCUT2D eigenvalue weighted by Crippen LogP contribution is 2.55. The Bertz CT molecular complexity index is 1340. The maximum atomic E-state index is 13.3. The van der Waals surface area contributed by atoms with E-state index >= 15 is 0 Å². The number of fused-ring (bicyclic) bond motifs is 1. The van der Waals surface area contributed by atoms with Gasteiger partial charge < -0.3 is 15.3 Å². The quantitative estimate of drug-likeness (QED) is 0.372. The Hall–Kier alpha value is -3.36. The number of hydrogen-bond acceptors (Lipinski definition) is 5. The fraction of sp³-hybridized carbons (Fsp3) is 0.583. The first-order chi connectivity index (χ1) is 18.3. The molecule has 2 amide bonds. The number of halogens is 6. The van der Waals surface area contributed by atoms with Gasteiger partial charge in [-0.15, -0.1) is 0 Å². The Morgan fingerprint density at radius 2 is 1.74 bits per heavy atom. The number of nitrogens with zero attached hydrogens (tertiary/aromatic N) is 5. The zero-order chi connectivity index (χ0) is 28.1. The number of aromatic nitrogens is 5. The number of carbonyl (C=O) groups excluding carboxylic acids is 1. The third-order valence-electron chi connectivity index (χ3n) is 7.54. The third-order valence-corrected chi connectivity index (χ3v) is 7.54. The first kappa shape index (κ1) is 27.2. The van der Waals surface area contributed by atoms with Crippen LogP contribution in [0.15, 0.2) is 24.7 Å². The van der Waals surface area contributed by atoms with Crippen molar-refractivity contribution in [1.82, 2.24) is 29.9 Å². The van der Waals surface area contributed by atoms with Gasteiger partial charge in [0.15, 0.2) is 5.60 Å². The molecule has 3 aromatic heterocycles. The second kappa shape index (κ2) is 9.68. The topological polar surface area (TPSA) is 112 Å². The van der Waals surface area contributed by atoms with Crippen LogP contribution < -0.4 is 5.32 Å². The second-order valence-corrected chi connectivity index (χ2v) is 10.4. The van der Waals surface area contributed by atoms with Gasteiger partial charge in [-0.2, -0.15) is 36.5 Å². The summed E-state index contributed by atoms with van der Waals surface area (Å²) in [5, 5.41) is 23.3. The summed E-state index contributed by atoms with van der Waals surface area (Å²) in [6.07, 6.45) is -0.0206. The van der Waals surface area contributed by atoms with Gasteiger partial charge in [0.25, 0.3) is 0 Å². The van der Waals surface area contributed by atoms with Crippen LogP contribution in [0.5, 0.6) is 0 Å². The average Bonchev–Trinajstić information content (AvgIpc) is 3.20. The number of carbonyl (C=O) groups is 1. The third kappa shape index (κ3) is 5.54. The molecule has 0 bridgehead atoms. The molecule has 3 N–H and O–H groups in total. The molecule has 39 heavy (non-hydrogen) atoms. The maximum absolute atomic E-state index is 13.3. The summed E-state index contributed by atoms with van der Waals surface area (Å²) in [6.45, 7) is -1.59. The standard InChI is InChI=1S/C20H19F6N7O2.C4H8/c21-19(22,23)10-33-14-5-12(27-6-11(14)7-29-33)15-13(8-28-31-15)30-16(34)32-4-3-18(35,20(24,25)26)9-17(32)1-2-17;1-2-4-3-1/h5-8,35H,1-4,9-10H2,(H,28,31)(H,30,34);1-4H2. The van der Waals surface area contributed by atoms with Gasteiger partial charge in [0.2, 0.25) is 0 Å². The number of pyridine rings is 1. The molecule has 4 heterocycles. The smallest absolute Gasteiger partial charge is 0.380 e. The zero-order valence-electron chi connectivity index (χ0n) is 20.7. The van der Waals surface area contributed by atoms with Crippen LogP contribution in [0.2, 0.25) is 0 Å². The summed E-state index contributed by atoms with van der Waals surface area (Å²) in [5.41, 5.74) is -3.23. The predicted molar refractivity (Wildman–Crippen MR) is 128 cm³/mol. The Morgan fingerprint density at radius 1 is 1.05 bits per heavy atom. The van der Waals surface area contributed by atoms with E-state index in [9.17, 15) is 36.2 Å². The molecule has 1 spiro atoms. The molecule has 0 aromatic carbocycles. The van der Waals surface area contributed by atoms with Crippen LogP contribution in [0, 0.1) is 0 Å². The van der Waals surface area contributed by atoms with Crippen LogP contribution >= 0.6 is 0 Å². The van der Waals surface area contributed by atoms with E-state index < -0.39 is 48.9 Å². The number of piperidine rings is 1. The van der Waals surface area contributed by atoms with Gasteiger partial charge in [-0.1, -0.05) is 25.7 Å². The SMILES string of the molecule is C1CCC1.O=C(Nc1cn[nH]c1-c1cc2c(cn1)cnn2CC(F)(F)F)N1CCC(O)(C(F)(F)F)CC12CC2. The molecule has 2 aliphatic carbocycles. The Balaban J connectivity index is 0.000000707. The van der Waals surface area contributed by atoms with Crippen molar-refractivity contribution in [3.8, 4) is 11.4 Å². The predicted octanol–water partition coefficient (Wildman–Crippen LogP) is 5.40. The van der Waals surface area contributed by atoms with E-state index in [0.29, 0.717) is 18.2 Å². The molecule has 3 aliphatic rings. The fourth-order valence-electron chi connectivity index (χ4n) is 4.83. The normalized spacial score (nSPS) is 22.3. The van der Waals surface area contributed by atoms with Crippen molar-refractivity contribution in [3.63, 3.8) is 0 Å². The molecule has 3 fully saturated rings. The molecular weight excluding hydrogens is 532 g/mol. The van der Waals surface area contributed by atoms with Crippen molar-refractivity contribution >= 4 is 22.6 Å². The molecule has 212 valence electrons. The largest absolute Gasteiger partial charge is 0.417 e. The van der Waals surface area contributed by atoms with Gasteiger partial charge in [0, 0.05) is 36.5 Å². The molecule has 1 unspecified atom stereocenters. The van der Waals surface area contributed by atoms with E-state index in [4.69, 9.17) is 0 Å². The van der Waals surface area contributed by atoms with Gasteiger partial charge in [0.05, 0.1) is 29.3 Å². The number of likely N-dealkylation sites (tertiary alicyclic amines) is 1. The number of anilines is 1. The summed E-state index contributed by atoms with van der Waals surface area (Å²) >= 11 is 0. The fourth-order valence-corrected chi connectivity index (χ4v) is 4.83. The van der Waals surface area contributed by atoms with Crippen LogP contribution in [-0.2, 0) is 6.54 Å². The van der Waals surface area contributed by atoms with Crippen molar-refractivity contribution < 1.29 is 36.2 Å². The monoisotopic (exact) mass is 559 g/mol. The van der Waals surface area contributed by atoms with Crippen molar-refractivity contribution in [2.45, 2.75) is 81.4 Å². The highest BCUT2D eigenvalue weighted by Gasteiger charge is 2.65. The van der Waals surface area contributed by atoms with E-state index in [2.05, 4.69) is 25.6 Å². The summed E-state index contributed by atoms with van der Waals surface area (Å²) in [4.78, 5) is 18.5. The number of amides is 2. The molecule has 1 saturated heterocycles. The minimum atomic E-state index is -4.80. The molecule has 2 saturated carbocycles. The van der Waals surface area contributed by atoms with Gasteiger partial charge in [-0.05, 0) is 18.9 Å². The summed E-state index contributed by atoms with van der Waals surface area (Å²) in [6, 6.07) is 0.696. The molecule has 1 atom stereocenters. The Labute approximate surface area is 218 Å². The lowest BCUT2D eigenvalue weighted by Crippen LogP contribution is -2.60. The molecule has 0 radical (unpaired) electrons. The first-order valence-electron chi connectivity index (χ1n) is 12.6. The zero-order valence-corrected chi connectivity index (χ0v) is 20.7. The molecule has 9 nitrogen and oxygen atoms in total. The number of aromatic amines is 1. The lowest BCUT2D eigenvalue weighted by molar-refractivity contribution is -0.277. The lowest BCUT2D eigenvalue weighted by atomic mass is 9.84.